The van der Waals surface area contributed by atoms with Crippen molar-refractivity contribution in [3.63, 3.8) is 0 Å². The van der Waals surface area contributed by atoms with Crippen LogP contribution in [0.1, 0.15) is 19.4 Å². The second-order valence-corrected chi connectivity index (χ2v) is 4.35. The minimum atomic E-state index is 0.298. The summed E-state index contributed by atoms with van der Waals surface area (Å²) < 4.78 is 10.9. The van der Waals surface area contributed by atoms with Crippen LogP contribution < -0.4 is 5.32 Å². The zero-order valence-electron chi connectivity index (χ0n) is 10.4. The highest BCUT2D eigenvalue weighted by Gasteiger charge is 2.03. The van der Waals surface area contributed by atoms with E-state index in [0.717, 1.165) is 25.3 Å². The first-order chi connectivity index (χ1) is 8.27. The third kappa shape index (κ3) is 3.32. The molecular formula is C14H19NO2. The fourth-order valence-electron chi connectivity index (χ4n) is 1.76. The molecule has 0 radical (unpaired) electrons. The van der Waals surface area contributed by atoms with Crippen molar-refractivity contribution in [3.05, 3.63) is 36.1 Å². The number of benzene rings is 1. The molecule has 0 unspecified atom stereocenters. The first-order valence-corrected chi connectivity index (χ1v) is 6.05. The van der Waals surface area contributed by atoms with Gasteiger partial charge in [0.25, 0.3) is 0 Å². The van der Waals surface area contributed by atoms with Crippen LogP contribution in [-0.2, 0) is 11.3 Å². The highest BCUT2D eigenvalue weighted by atomic mass is 16.5. The van der Waals surface area contributed by atoms with Crippen molar-refractivity contribution in [1.82, 2.24) is 5.32 Å². The average Bonchev–Trinajstić information content (AvgIpc) is 2.72. The maximum atomic E-state index is 5.47. The molecular weight excluding hydrogens is 214 g/mol. The molecule has 0 saturated heterocycles. The van der Waals surface area contributed by atoms with Crippen molar-refractivity contribution in [2.45, 2.75) is 26.5 Å². The third-order valence-electron chi connectivity index (χ3n) is 2.61. The summed E-state index contributed by atoms with van der Waals surface area (Å²) in [5, 5.41) is 4.54. The quantitative estimate of drug-likeness (QED) is 0.779. The Morgan fingerprint density at radius 1 is 1.29 bits per heavy atom. The Kier molecular flexibility index (Phi) is 4.18. The normalized spacial score (nSPS) is 11.5. The second-order valence-electron chi connectivity index (χ2n) is 4.35. The second kappa shape index (κ2) is 5.84. The minimum absolute atomic E-state index is 0.298. The van der Waals surface area contributed by atoms with Crippen LogP contribution in [0.15, 0.2) is 34.9 Å². The third-order valence-corrected chi connectivity index (χ3v) is 2.61. The van der Waals surface area contributed by atoms with Crippen molar-refractivity contribution in [3.8, 4) is 0 Å². The van der Waals surface area contributed by atoms with Crippen LogP contribution in [0.4, 0.5) is 0 Å². The average molecular weight is 233 g/mol. The van der Waals surface area contributed by atoms with E-state index in [4.69, 9.17) is 9.15 Å². The lowest BCUT2D eigenvalue weighted by atomic mass is 10.2. The molecule has 2 aromatic rings. The van der Waals surface area contributed by atoms with E-state index in [2.05, 4.69) is 11.4 Å². The fraction of sp³-hybridized carbons (Fsp3) is 0.429. The van der Waals surface area contributed by atoms with Gasteiger partial charge in [0.15, 0.2) is 0 Å². The summed E-state index contributed by atoms with van der Waals surface area (Å²) in [4.78, 5) is 0. The first kappa shape index (κ1) is 12.1. The predicted octanol–water partition coefficient (Wildman–Crippen LogP) is 2.95. The molecule has 1 aromatic heterocycles. The van der Waals surface area contributed by atoms with Gasteiger partial charge in [0.1, 0.15) is 5.58 Å². The largest absolute Gasteiger partial charge is 0.464 e. The molecule has 0 bridgehead atoms. The van der Waals surface area contributed by atoms with Gasteiger partial charge in [0, 0.05) is 24.0 Å². The summed E-state index contributed by atoms with van der Waals surface area (Å²) in [5.41, 5.74) is 2.15. The molecule has 92 valence electrons. The maximum Gasteiger partial charge on any atom is 0.134 e. The number of furan rings is 1. The van der Waals surface area contributed by atoms with Gasteiger partial charge in [0.05, 0.1) is 19.0 Å². The van der Waals surface area contributed by atoms with Crippen LogP contribution >= 0.6 is 0 Å². The fourth-order valence-corrected chi connectivity index (χ4v) is 1.76. The zero-order chi connectivity index (χ0) is 12.1. The number of ether oxygens (including phenoxy) is 1. The van der Waals surface area contributed by atoms with Gasteiger partial charge >= 0.3 is 0 Å². The van der Waals surface area contributed by atoms with E-state index in [1.165, 1.54) is 10.9 Å². The van der Waals surface area contributed by atoms with Crippen LogP contribution in [-0.4, -0.2) is 19.3 Å². The molecule has 2 rings (SSSR count). The monoisotopic (exact) mass is 233 g/mol. The summed E-state index contributed by atoms with van der Waals surface area (Å²) in [5.74, 6) is 0. The Morgan fingerprint density at radius 2 is 2.12 bits per heavy atom. The smallest absolute Gasteiger partial charge is 0.134 e. The number of hydrogen-bond donors (Lipinski definition) is 1. The molecule has 0 aliphatic rings. The highest BCUT2D eigenvalue weighted by molar-refractivity contribution is 5.80. The maximum absolute atomic E-state index is 5.47. The first-order valence-electron chi connectivity index (χ1n) is 6.05. The number of para-hydroxylation sites is 1. The van der Waals surface area contributed by atoms with Crippen molar-refractivity contribution < 1.29 is 9.15 Å². The van der Waals surface area contributed by atoms with Gasteiger partial charge in [-0.25, -0.2) is 0 Å². The van der Waals surface area contributed by atoms with E-state index < -0.39 is 0 Å². The Morgan fingerprint density at radius 3 is 2.94 bits per heavy atom. The van der Waals surface area contributed by atoms with Crippen molar-refractivity contribution in [2.24, 2.45) is 0 Å². The van der Waals surface area contributed by atoms with Crippen LogP contribution in [0.3, 0.4) is 0 Å². The van der Waals surface area contributed by atoms with Gasteiger partial charge in [-0.1, -0.05) is 18.2 Å². The topological polar surface area (TPSA) is 34.4 Å². The standard InChI is InChI=1S/C14H19NO2/c1-11(2)16-8-7-15-9-12-10-17-14-6-4-3-5-13(12)14/h3-6,10-11,15H,7-9H2,1-2H3. The van der Waals surface area contributed by atoms with Gasteiger partial charge in [-0.3, -0.25) is 0 Å². The van der Waals surface area contributed by atoms with E-state index in [1.807, 2.05) is 38.3 Å². The Hall–Kier alpha value is -1.32. The van der Waals surface area contributed by atoms with E-state index in [-0.39, 0.29) is 0 Å². The highest BCUT2D eigenvalue weighted by Crippen LogP contribution is 2.20. The van der Waals surface area contributed by atoms with Crippen LogP contribution in [0, 0.1) is 0 Å². The lowest BCUT2D eigenvalue weighted by Crippen LogP contribution is -2.20. The molecule has 0 aliphatic heterocycles. The van der Waals surface area contributed by atoms with Crippen LogP contribution in [0.2, 0.25) is 0 Å². The van der Waals surface area contributed by atoms with Crippen molar-refractivity contribution in [2.75, 3.05) is 13.2 Å². The minimum Gasteiger partial charge on any atom is -0.464 e. The van der Waals surface area contributed by atoms with Crippen LogP contribution in [0.5, 0.6) is 0 Å². The molecule has 0 saturated carbocycles. The molecule has 3 nitrogen and oxygen atoms in total. The molecule has 1 N–H and O–H groups in total. The SMILES string of the molecule is CC(C)OCCNCc1coc2ccccc12. The Labute approximate surface area is 102 Å². The van der Waals surface area contributed by atoms with Gasteiger partial charge in [-0.05, 0) is 19.9 Å². The predicted molar refractivity (Wildman–Crippen MR) is 69.0 cm³/mol. The van der Waals surface area contributed by atoms with E-state index in [1.54, 1.807) is 0 Å². The molecule has 0 amide bonds. The molecule has 3 heteroatoms. The van der Waals surface area contributed by atoms with Crippen molar-refractivity contribution >= 4 is 11.0 Å². The van der Waals surface area contributed by atoms with Gasteiger partial charge < -0.3 is 14.5 Å². The lowest BCUT2D eigenvalue weighted by molar-refractivity contribution is 0.0807. The van der Waals surface area contributed by atoms with E-state index in [9.17, 15) is 0 Å². The molecule has 1 heterocycles. The summed E-state index contributed by atoms with van der Waals surface area (Å²) in [6.07, 6.45) is 2.12. The number of fused-ring (bicyclic) bond motifs is 1. The van der Waals surface area contributed by atoms with E-state index in [0.29, 0.717) is 6.10 Å². The van der Waals surface area contributed by atoms with Crippen LogP contribution in [0.25, 0.3) is 11.0 Å². The number of nitrogens with one attached hydrogen (secondary N) is 1. The summed E-state index contributed by atoms with van der Waals surface area (Å²) in [6, 6.07) is 8.09. The van der Waals surface area contributed by atoms with E-state index >= 15 is 0 Å². The number of rotatable bonds is 6. The summed E-state index contributed by atoms with van der Waals surface area (Å²) in [6.45, 7) is 6.51. The van der Waals surface area contributed by atoms with Crippen molar-refractivity contribution in [1.29, 1.82) is 0 Å². The molecule has 0 aliphatic carbocycles. The van der Waals surface area contributed by atoms with Gasteiger partial charge in [0.2, 0.25) is 0 Å². The molecule has 0 fully saturated rings. The Bertz CT molecular complexity index is 462. The molecule has 17 heavy (non-hydrogen) atoms. The summed E-state index contributed by atoms with van der Waals surface area (Å²) >= 11 is 0. The molecule has 1 aromatic carbocycles. The van der Waals surface area contributed by atoms with Gasteiger partial charge in [-0.15, -0.1) is 0 Å². The summed E-state index contributed by atoms with van der Waals surface area (Å²) in [7, 11) is 0. The van der Waals surface area contributed by atoms with Gasteiger partial charge in [-0.2, -0.15) is 0 Å². The number of hydrogen-bond acceptors (Lipinski definition) is 3. The molecule has 0 atom stereocenters. The zero-order valence-corrected chi connectivity index (χ0v) is 10.4. The Balaban J connectivity index is 1.83. The molecule has 0 spiro atoms. The lowest BCUT2D eigenvalue weighted by Gasteiger charge is -2.07.